The first-order chi connectivity index (χ1) is 14.7. The van der Waals surface area contributed by atoms with Gasteiger partial charge in [0.05, 0.1) is 12.3 Å². The van der Waals surface area contributed by atoms with Crippen LogP contribution in [-0.4, -0.2) is 54.4 Å². The number of methoxy groups -OCH3 is 1. The molecule has 1 unspecified atom stereocenters. The normalized spacial score (nSPS) is 27.6. The fourth-order valence-corrected chi connectivity index (χ4v) is 4.93. The second-order valence-corrected chi connectivity index (χ2v) is 8.21. The first kappa shape index (κ1) is 20.9. The third-order valence-electron chi connectivity index (χ3n) is 6.43. The molecule has 158 valence electrons. The lowest BCUT2D eigenvalue weighted by Gasteiger charge is -2.54. The minimum Gasteiger partial charge on any atom is -0.478 e. The lowest BCUT2D eigenvalue weighted by Crippen LogP contribution is -2.63. The van der Waals surface area contributed by atoms with Gasteiger partial charge in [0.25, 0.3) is 0 Å². The number of hydrogen-bond donors (Lipinski definition) is 1. The number of terminal acetylenes is 1. The summed E-state index contributed by atoms with van der Waals surface area (Å²) in [6.45, 7) is 3.09. The van der Waals surface area contributed by atoms with Crippen LogP contribution in [0.1, 0.15) is 36.1 Å². The van der Waals surface area contributed by atoms with E-state index in [2.05, 4.69) is 23.0 Å². The van der Waals surface area contributed by atoms with E-state index in [0.29, 0.717) is 25.5 Å². The van der Waals surface area contributed by atoms with E-state index in [1.807, 2.05) is 30.3 Å². The molecule has 0 radical (unpaired) electrons. The van der Waals surface area contributed by atoms with E-state index >= 15 is 0 Å². The summed E-state index contributed by atoms with van der Waals surface area (Å²) in [6.07, 6.45) is 9.25. The zero-order chi connectivity index (χ0) is 21.0. The van der Waals surface area contributed by atoms with Gasteiger partial charge in [0.15, 0.2) is 0 Å². The van der Waals surface area contributed by atoms with Gasteiger partial charge in [0.2, 0.25) is 5.88 Å². The van der Waals surface area contributed by atoms with E-state index < -0.39 is 5.60 Å². The Balaban J connectivity index is 1.70. The molecular weight excluding hydrogens is 376 g/mol. The van der Waals surface area contributed by atoms with E-state index in [1.54, 1.807) is 7.11 Å². The molecule has 1 N–H and O–H groups in total. The predicted molar refractivity (Wildman–Crippen MR) is 116 cm³/mol. The van der Waals surface area contributed by atoms with Crippen LogP contribution in [0.5, 0.6) is 5.88 Å². The van der Waals surface area contributed by atoms with Crippen molar-refractivity contribution in [2.24, 2.45) is 5.92 Å². The Morgan fingerprint density at radius 3 is 2.63 bits per heavy atom. The van der Waals surface area contributed by atoms with E-state index in [0.717, 1.165) is 49.2 Å². The highest BCUT2D eigenvalue weighted by molar-refractivity contribution is 5.39. The summed E-state index contributed by atoms with van der Waals surface area (Å²) in [5.41, 5.74) is 1.73. The molecule has 0 amide bonds. The summed E-state index contributed by atoms with van der Waals surface area (Å²) < 4.78 is 10.9. The van der Waals surface area contributed by atoms with Crippen molar-refractivity contribution in [3.63, 3.8) is 0 Å². The molecule has 3 fully saturated rings. The highest BCUT2D eigenvalue weighted by Crippen LogP contribution is 2.47. The Morgan fingerprint density at radius 1 is 1.17 bits per heavy atom. The molecule has 30 heavy (non-hydrogen) atoms. The Labute approximate surface area is 179 Å². The van der Waals surface area contributed by atoms with Crippen molar-refractivity contribution in [3.05, 3.63) is 59.3 Å². The van der Waals surface area contributed by atoms with Gasteiger partial charge < -0.3 is 14.6 Å². The van der Waals surface area contributed by atoms with Gasteiger partial charge in [-0.1, -0.05) is 36.3 Å². The minimum atomic E-state index is -1.09. The Bertz CT molecular complexity index is 887. The van der Waals surface area contributed by atoms with Crippen LogP contribution in [0, 0.1) is 18.3 Å². The fraction of sp³-hybridized carbons (Fsp3) is 0.480. The molecule has 4 heterocycles. The Hall–Kier alpha value is -2.39. The summed E-state index contributed by atoms with van der Waals surface area (Å²) in [4.78, 5) is 7.07. The molecule has 5 nitrogen and oxygen atoms in total. The standard InChI is InChI=1S/C25H30N2O3/c1-3-23-25(28,20-12-14-27(23)15-13-20)21-10-11-24(30-17-7-16-29-2)26-22(21)18-19-8-5-4-6-9-19/h1,4-6,8-11,20,23,28H,7,12-18H2,2H3/t23?,25-/m0/s1. The van der Waals surface area contributed by atoms with Crippen molar-refractivity contribution < 1.29 is 14.6 Å². The van der Waals surface area contributed by atoms with E-state index in [4.69, 9.17) is 20.9 Å². The molecule has 5 heteroatoms. The van der Waals surface area contributed by atoms with Crippen molar-refractivity contribution in [1.29, 1.82) is 0 Å². The fourth-order valence-electron chi connectivity index (χ4n) is 4.93. The lowest BCUT2D eigenvalue weighted by molar-refractivity contribution is -0.143. The smallest absolute Gasteiger partial charge is 0.213 e. The number of fused-ring (bicyclic) bond motifs is 3. The third-order valence-corrected chi connectivity index (χ3v) is 6.43. The molecule has 1 aromatic carbocycles. The molecular formula is C25H30N2O3. The molecule has 3 saturated heterocycles. The lowest BCUT2D eigenvalue weighted by atomic mass is 9.66. The number of piperidine rings is 3. The number of ether oxygens (including phenoxy) is 2. The van der Waals surface area contributed by atoms with Crippen LogP contribution in [0.4, 0.5) is 0 Å². The summed E-state index contributed by atoms with van der Waals surface area (Å²) in [7, 11) is 1.68. The maximum absolute atomic E-state index is 12.0. The van der Waals surface area contributed by atoms with Crippen molar-refractivity contribution in [3.8, 4) is 18.2 Å². The number of pyridine rings is 1. The summed E-state index contributed by atoms with van der Waals surface area (Å²) in [5.74, 6) is 3.60. The Morgan fingerprint density at radius 2 is 1.93 bits per heavy atom. The minimum absolute atomic E-state index is 0.147. The number of hydrogen-bond acceptors (Lipinski definition) is 5. The first-order valence-electron chi connectivity index (χ1n) is 10.8. The quantitative estimate of drug-likeness (QED) is 0.540. The molecule has 2 bridgehead atoms. The molecule has 3 aliphatic heterocycles. The van der Waals surface area contributed by atoms with Crippen molar-refractivity contribution in [2.75, 3.05) is 33.4 Å². The van der Waals surface area contributed by atoms with Gasteiger partial charge in [-0.05, 0) is 43.5 Å². The van der Waals surface area contributed by atoms with Crippen molar-refractivity contribution >= 4 is 0 Å². The number of benzene rings is 1. The van der Waals surface area contributed by atoms with Crippen LogP contribution in [0.15, 0.2) is 42.5 Å². The van der Waals surface area contributed by atoms with E-state index in [-0.39, 0.29) is 12.0 Å². The summed E-state index contributed by atoms with van der Waals surface area (Å²) in [5, 5.41) is 12.0. The molecule has 3 aliphatic rings. The van der Waals surface area contributed by atoms with Crippen LogP contribution in [0.2, 0.25) is 0 Å². The highest BCUT2D eigenvalue weighted by Gasteiger charge is 2.54. The third kappa shape index (κ3) is 3.96. The monoisotopic (exact) mass is 406 g/mol. The van der Waals surface area contributed by atoms with Gasteiger partial charge in [-0.25, -0.2) is 4.98 Å². The molecule has 1 aromatic heterocycles. The second-order valence-electron chi connectivity index (χ2n) is 8.21. The van der Waals surface area contributed by atoms with Gasteiger partial charge in [-0.2, -0.15) is 0 Å². The zero-order valence-corrected chi connectivity index (χ0v) is 17.6. The average Bonchev–Trinajstić information content (AvgIpc) is 2.78. The van der Waals surface area contributed by atoms with Crippen LogP contribution in [-0.2, 0) is 16.8 Å². The maximum atomic E-state index is 12.0. The zero-order valence-electron chi connectivity index (χ0n) is 17.6. The number of aliphatic hydroxyl groups is 1. The van der Waals surface area contributed by atoms with Crippen LogP contribution in [0.3, 0.4) is 0 Å². The Kier molecular flexibility index (Phi) is 6.38. The van der Waals surface area contributed by atoms with Crippen LogP contribution >= 0.6 is 0 Å². The molecule has 0 saturated carbocycles. The number of rotatable bonds is 8. The number of nitrogens with zero attached hydrogens (tertiary/aromatic N) is 2. The predicted octanol–water partition coefficient (Wildman–Crippen LogP) is 3.00. The average molecular weight is 407 g/mol. The van der Waals surface area contributed by atoms with Gasteiger partial charge >= 0.3 is 0 Å². The second kappa shape index (κ2) is 9.18. The topological polar surface area (TPSA) is 54.8 Å². The first-order valence-corrected chi connectivity index (χ1v) is 10.8. The largest absolute Gasteiger partial charge is 0.478 e. The molecule has 0 spiro atoms. The molecule has 2 atom stereocenters. The SMILES string of the molecule is C#CC1N2CCC(CC2)[C@]1(O)c1ccc(OCCCOC)nc1Cc1ccccc1. The van der Waals surface area contributed by atoms with Crippen molar-refractivity contribution in [1.82, 2.24) is 9.88 Å². The van der Waals surface area contributed by atoms with Crippen LogP contribution < -0.4 is 4.74 Å². The van der Waals surface area contributed by atoms with Gasteiger partial charge in [-0.15, -0.1) is 6.42 Å². The van der Waals surface area contributed by atoms with Gasteiger partial charge in [0, 0.05) is 38.2 Å². The maximum Gasteiger partial charge on any atom is 0.213 e. The van der Waals surface area contributed by atoms with E-state index in [9.17, 15) is 5.11 Å². The van der Waals surface area contributed by atoms with Gasteiger partial charge in [0.1, 0.15) is 11.6 Å². The summed E-state index contributed by atoms with van der Waals surface area (Å²) >= 11 is 0. The molecule has 5 rings (SSSR count). The number of aromatic nitrogens is 1. The highest BCUT2D eigenvalue weighted by atomic mass is 16.5. The molecule has 0 aliphatic carbocycles. The summed E-state index contributed by atoms with van der Waals surface area (Å²) in [6, 6.07) is 13.7. The molecule has 2 aromatic rings. The van der Waals surface area contributed by atoms with E-state index in [1.165, 1.54) is 0 Å². The van der Waals surface area contributed by atoms with Crippen molar-refractivity contribution in [2.45, 2.75) is 37.3 Å². The van der Waals surface area contributed by atoms with Gasteiger partial charge in [-0.3, -0.25) is 4.90 Å². The van der Waals surface area contributed by atoms with Crippen LogP contribution in [0.25, 0.3) is 0 Å².